The number of hydrogen-bond acceptors (Lipinski definition) is 7. The Morgan fingerprint density at radius 2 is 1.71 bits per heavy atom. The monoisotopic (exact) mass is 500 g/mol. The number of terminal acetylenes is 1. The molecular weight excluding hydrogens is 473 g/mol. The van der Waals surface area contributed by atoms with Crippen molar-refractivity contribution in [1.82, 2.24) is 9.29 Å². The molecule has 0 saturated carbocycles. The number of anilines is 2. The molecule has 1 saturated heterocycles. The average Bonchev–Trinajstić information content (AvgIpc) is 2.79. The summed E-state index contributed by atoms with van der Waals surface area (Å²) in [5, 5.41) is 10.1. The molecule has 186 valence electrons. The zero-order valence-electron chi connectivity index (χ0n) is 18.8. The number of piperazine rings is 1. The molecule has 1 unspecified atom stereocenters. The minimum atomic E-state index is -4.90. The van der Waals surface area contributed by atoms with E-state index in [1.165, 1.54) is 46.9 Å². The number of ether oxygens (including phenoxy) is 1. The first-order valence-corrected chi connectivity index (χ1v) is 11.6. The molecule has 2 aromatic rings. The van der Waals surface area contributed by atoms with Crippen LogP contribution in [0.15, 0.2) is 47.5 Å². The van der Waals surface area contributed by atoms with Crippen LogP contribution >= 0.6 is 0 Å². The van der Waals surface area contributed by atoms with Gasteiger partial charge in [-0.2, -0.15) is 17.5 Å². The van der Waals surface area contributed by atoms with E-state index in [0.29, 0.717) is 18.8 Å². The lowest BCUT2D eigenvalue weighted by Crippen LogP contribution is -2.48. The van der Waals surface area contributed by atoms with Crippen LogP contribution in [0.1, 0.15) is 12.5 Å². The molecule has 2 heterocycles. The molecule has 1 aliphatic rings. The summed E-state index contributed by atoms with van der Waals surface area (Å²) in [6.07, 6.45) is 0.902. The highest BCUT2D eigenvalue weighted by Crippen LogP contribution is 2.39. The fraction of sp³-hybridized carbons (Fsp3) is 0.409. The third-order valence-electron chi connectivity index (χ3n) is 5.17. The lowest BCUT2D eigenvalue weighted by Gasteiger charge is -2.36. The number of halogens is 3. The number of pyridine rings is 1. The maximum absolute atomic E-state index is 13.3. The van der Waals surface area contributed by atoms with Crippen LogP contribution in [0.25, 0.3) is 0 Å². The van der Waals surface area contributed by atoms with Crippen LogP contribution in [-0.2, 0) is 20.4 Å². The van der Waals surface area contributed by atoms with Crippen LogP contribution in [-0.4, -0.2) is 68.9 Å². The number of aromatic nitrogens is 1. The molecule has 1 aromatic carbocycles. The van der Waals surface area contributed by atoms with Gasteiger partial charge in [-0.15, -0.1) is 12.3 Å². The quantitative estimate of drug-likeness (QED) is 0.586. The first-order valence-electron chi connectivity index (χ1n) is 10.1. The highest BCUT2D eigenvalue weighted by atomic mass is 32.2. The van der Waals surface area contributed by atoms with E-state index in [1.807, 2.05) is 4.90 Å². The van der Waals surface area contributed by atoms with Crippen molar-refractivity contribution in [2.45, 2.75) is 23.6 Å². The highest BCUT2D eigenvalue weighted by Gasteiger charge is 2.55. The molecule has 1 aromatic heterocycles. The average molecular weight is 501 g/mol. The molecular formula is C22H27F3N4O4S. The number of nitrogens with two attached hydrogens (primary N) is 1. The summed E-state index contributed by atoms with van der Waals surface area (Å²) in [6.45, 7) is 1.83. The molecule has 34 heavy (non-hydrogen) atoms. The SMILES string of the molecule is C#CC.COCC(O)(c1ccc(N2CCN(S(=O)(=O)c3ccc(N)nc3)CC2)cc1)C(F)(F)F. The van der Waals surface area contributed by atoms with Gasteiger partial charge in [-0.1, -0.05) is 12.1 Å². The topological polar surface area (TPSA) is 109 Å². The van der Waals surface area contributed by atoms with Gasteiger partial charge in [0.2, 0.25) is 15.6 Å². The van der Waals surface area contributed by atoms with E-state index in [9.17, 15) is 26.7 Å². The van der Waals surface area contributed by atoms with E-state index in [4.69, 9.17) is 5.73 Å². The molecule has 12 heteroatoms. The highest BCUT2D eigenvalue weighted by molar-refractivity contribution is 7.89. The minimum Gasteiger partial charge on any atom is -0.384 e. The Hall–Kier alpha value is -2.85. The molecule has 0 amide bonds. The summed E-state index contributed by atoms with van der Waals surface area (Å²) in [6, 6.07) is 8.14. The Morgan fingerprint density at radius 1 is 1.15 bits per heavy atom. The fourth-order valence-electron chi connectivity index (χ4n) is 3.37. The number of sulfonamides is 1. The van der Waals surface area contributed by atoms with Crippen molar-refractivity contribution in [3.63, 3.8) is 0 Å². The third kappa shape index (κ3) is 5.98. The lowest BCUT2D eigenvalue weighted by molar-refractivity contribution is -0.280. The second-order valence-electron chi connectivity index (χ2n) is 7.44. The molecule has 3 N–H and O–H groups in total. The smallest absolute Gasteiger partial charge is 0.384 e. The number of methoxy groups -OCH3 is 1. The number of aliphatic hydroxyl groups is 1. The van der Waals surface area contributed by atoms with E-state index >= 15 is 0 Å². The van der Waals surface area contributed by atoms with Gasteiger partial charge in [0.15, 0.2) is 0 Å². The van der Waals surface area contributed by atoms with Gasteiger partial charge in [0.05, 0.1) is 6.61 Å². The molecule has 3 rings (SSSR count). The predicted octanol–water partition coefficient (Wildman–Crippen LogP) is 2.21. The number of benzene rings is 1. The van der Waals surface area contributed by atoms with Gasteiger partial charge in [-0.05, 0) is 36.8 Å². The standard InChI is InChI=1S/C19H23F3N4O4S.C3H4/c1-30-13-18(27,19(20,21)22)14-2-4-15(5-3-14)25-8-10-26(11-9-25)31(28,29)16-6-7-17(23)24-12-16;1-3-2/h2-7,12,27H,8-11,13H2,1H3,(H2,23,24);1H,2H3. The Bertz CT molecular complexity index is 1080. The van der Waals surface area contributed by atoms with Gasteiger partial charge in [0, 0.05) is 45.2 Å². The second-order valence-corrected chi connectivity index (χ2v) is 9.37. The Labute approximate surface area is 197 Å². The summed E-state index contributed by atoms with van der Waals surface area (Å²) in [5.74, 6) is 2.47. The van der Waals surface area contributed by atoms with Crippen molar-refractivity contribution in [1.29, 1.82) is 0 Å². The van der Waals surface area contributed by atoms with Crippen molar-refractivity contribution in [2.24, 2.45) is 0 Å². The molecule has 0 aliphatic carbocycles. The van der Waals surface area contributed by atoms with Gasteiger partial charge in [0.25, 0.3) is 0 Å². The van der Waals surface area contributed by atoms with Crippen LogP contribution in [0.4, 0.5) is 24.7 Å². The summed E-state index contributed by atoms with van der Waals surface area (Å²) >= 11 is 0. The van der Waals surface area contributed by atoms with Gasteiger partial charge in [-0.25, -0.2) is 13.4 Å². The molecule has 0 radical (unpaired) electrons. The number of hydrogen-bond donors (Lipinski definition) is 2. The normalized spacial score (nSPS) is 16.7. The maximum atomic E-state index is 13.3. The van der Waals surface area contributed by atoms with Crippen molar-refractivity contribution in [3.05, 3.63) is 48.2 Å². The second kappa shape index (κ2) is 11.1. The third-order valence-corrected chi connectivity index (χ3v) is 7.05. The minimum absolute atomic E-state index is 0.0454. The van der Waals surface area contributed by atoms with Crippen LogP contribution in [0, 0.1) is 12.3 Å². The first-order chi connectivity index (χ1) is 15.9. The van der Waals surface area contributed by atoms with Gasteiger partial charge >= 0.3 is 6.18 Å². The molecule has 1 fully saturated rings. The van der Waals surface area contributed by atoms with Gasteiger partial charge in [-0.3, -0.25) is 0 Å². The van der Waals surface area contributed by atoms with E-state index in [1.54, 1.807) is 6.92 Å². The van der Waals surface area contributed by atoms with Crippen molar-refractivity contribution >= 4 is 21.5 Å². The van der Waals surface area contributed by atoms with Crippen LogP contribution in [0.5, 0.6) is 0 Å². The summed E-state index contributed by atoms with van der Waals surface area (Å²) in [7, 11) is -2.63. The summed E-state index contributed by atoms with van der Waals surface area (Å²) < 4.78 is 71.4. The maximum Gasteiger partial charge on any atom is 0.423 e. The molecule has 0 spiro atoms. The Kier molecular flexibility index (Phi) is 8.90. The van der Waals surface area contributed by atoms with E-state index < -0.39 is 28.4 Å². The summed E-state index contributed by atoms with van der Waals surface area (Å²) in [4.78, 5) is 5.72. The first kappa shape index (κ1) is 27.4. The lowest BCUT2D eigenvalue weighted by atomic mass is 9.93. The van der Waals surface area contributed by atoms with Crippen LogP contribution in [0.2, 0.25) is 0 Å². The number of alkyl halides is 3. The van der Waals surface area contributed by atoms with Crippen molar-refractivity contribution in [3.8, 4) is 12.3 Å². The zero-order chi connectivity index (χ0) is 25.6. The van der Waals surface area contributed by atoms with E-state index in [2.05, 4.69) is 22.1 Å². The Morgan fingerprint density at radius 3 is 2.15 bits per heavy atom. The largest absolute Gasteiger partial charge is 0.423 e. The molecule has 8 nitrogen and oxygen atoms in total. The van der Waals surface area contributed by atoms with Crippen molar-refractivity contribution in [2.75, 3.05) is 50.5 Å². The number of rotatable bonds is 6. The number of nitrogens with zero attached hydrogens (tertiary/aromatic N) is 3. The van der Waals surface area contributed by atoms with Gasteiger partial charge < -0.3 is 20.5 Å². The van der Waals surface area contributed by atoms with E-state index in [0.717, 1.165) is 7.11 Å². The van der Waals surface area contributed by atoms with Crippen molar-refractivity contribution < 1.29 is 31.4 Å². The zero-order valence-corrected chi connectivity index (χ0v) is 19.6. The molecule has 0 bridgehead atoms. The van der Waals surface area contributed by atoms with Crippen LogP contribution < -0.4 is 10.6 Å². The Balaban J connectivity index is 0.00000129. The molecule has 1 aliphatic heterocycles. The molecule has 1 atom stereocenters. The fourth-order valence-corrected chi connectivity index (χ4v) is 4.73. The van der Waals surface area contributed by atoms with Gasteiger partial charge in [0.1, 0.15) is 10.7 Å². The summed E-state index contributed by atoms with van der Waals surface area (Å²) in [5.41, 5.74) is 2.68. The number of nitrogen functional groups attached to an aromatic ring is 1. The predicted molar refractivity (Wildman–Crippen MR) is 122 cm³/mol. The van der Waals surface area contributed by atoms with E-state index in [-0.39, 0.29) is 29.4 Å². The van der Waals surface area contributed by atoms with Crippen LogP contribution in [0.3, 0.4) is 0 Å².